The Kier molecular flexibility index (Phi) is 10.1. The molecule has 1 heterocycles. The van der Waals surface area contributed by atoms with E-state index in [1.807, 2.05) is 18.2 Å². The average molecular weight is 568 g/mol. The molecule has 2 rings (SSSR count). The highest BCUT2D eigenvalue weighted by Crippen LogP contribution is 2.30. The molecule has 0 aliphatic rings. The van der Waals surface area contributed by atoms with E-state index >= 15 is 0 Å². The lowest BCUT2D eigenvalue weighted by atomic mass is 10.1. The molecule has 170 valence electrons. The van der Waals surface area contributed by atoms with Crippen LogP contribution in [0.1, 0.15) is 36.2 Å². The smallest absolute Gasteiger partial charge is 0.278 e. The third-order valence-corrected chi connectivity index (χ3v) is 5.71. The molecule has 0 unspecified atom stereocenters. The van der Waals surface area contributed by atoms with Gasteiger partial charge in [-0.05, 0) is 68.5 Å². The fourth-order valence-electron chi connectivity index (χ4n) is 2.53. The number of benzene rings is 1. The molecule has 10 heteroatoms. The lowest BCUT2D eigenvalue weighted by molar-refractivity contribution is -0.123. The Labute approximate surface area is 204 Å². The molecule has 0 bridgehead atoms. The number of ether oxygens (including phenoxy) is 3. The molecule has 0 aliphatic heterocycles. The predicted molar refractivity (Wildman–Crippen MR) is 128 cm³/mol. The molecule has 2 aromatic rings. The van der Waals surface area contributed by atoms with E-state index < -0.39 is 5.91 Å². The average Bonchev–Trinajstić information content (AvgIpc) is 2.75. The molecular weight excluding hydrogens is 544 g/mol. The first-order chi connectivity index (χ1) is 15.3. The second kappa shape index (κ2) is 12.5. The van der Waals surface area contributed by atoms with Crippen LogP contribution in [-0.4, -0.2) is 37.4 Å². The molecule has 1 amide bonds. The molecule has 0 saturated heterocycles. The highest BCUT2D eigenvalue weighted by atomic mass is 79.9. The van der Waals surface area contributed by atoms with E-state index in [1.54, 1.807) is 6.92 Å². The van der Waals surface area contributed by atoms with E-state index in [0.29, 0.717) is 28.3 Å². The van der Waals surface area contributed by atoms with Gasteiger partial charge in [-0.1, -0.05) is 13.8 Å². The Morgan fingerprint density at radius 1 is 1.34 bits per heavy atom. The Balaban J connectivity index is 1.97. The van der Waals surface area contributed by atoms with Crippen molar-refractivity contribution in [1.29, 1.82) is 5.26 Å². The van der Waals surface area contributed by atoms with Gasteiger partial charge in [0.25, 0.3) is 5.91 Å². The van der Waals surface area contributed by atoms with Crippen molar-refractivity contribution in [3.05, 3.63) is 49.5 Å². The van der Waals surface area contributed by atoms with Crippen molar-refractivity contribution < 1.29 is 19.0 Å². The number of aromatic nitrogens is 1. The van der Waals surface area contributed by atoms with Crippen molar-refractivity contribution >= 4 is 44.0 Å². The number of amides is 1. The van der Waals surface area contributed by atoms with Crippen molar-refractivity contribution in [2.45, 2.75) is 27.4 Å². The lowest BCUT2D eigenvalue weighted by Crippen LogP contribution is -2.25. The lowest BCUT2D eigenvalue weighted by Gasteiger charge is -2.13. The number of rotatable bonds is 10. The highest BCUT2D eigenvalue weighted by molar-refractivity contribution is 9.10. The van der Waals surface area contributed by atoms with E-state index in [-0.39, 0.29) is 24.7 Å². The summed E-state index contributed by atoms with van der Waals surface area (Å²) in [6.07, 6.45) is 1.51. The van der Waals surface area contributed by atoms with Crippen LogP contribution in [0.4, 0.5) is 0 Å². The largest absolute Gasteiger partial charge is 0.492 e. The summed E-state index contributed by atoms with van der Waals surface area (Å²) in [7, 11) is 1.53. The minimum Gasteiger partial charge on any atom is -0.492 e. The van der Waals surface area contributed by atoms with Crippen LogP contribution in [0.25, 0.3) is 0 Å². The SMILES string of the molecule is COCc1c(Br)c(C)nc(OCC(=O)N/N=C\c2ccc(OCC(C)C)c(Br)c2)c1C#N. The summed E-state index contributed by atoms with van der Waals surface area (Å²) >= 11 is 6.88. The highest BCUT2D eigenvalue weighted by Gasteiger charge is 2.18. The van der Waals surface area contributed by atoms with Crippen LogP contribution in [0.3, 0.4) is 0 Å². The molecule has 32 heavy (non-hydrogen) atoms. The molecule has 0 saturated carbocycles. The van der Waals surface area contributed by atoms with E-state index in [2.05, 4.69) is 67.3 Å². The van der Waals surface area contributed by atoms with Gasteiger partial charge in [-0.2, -0.15) is 10.4 Å². The first kappa shape index (κ1) is 25.8. The molecule has 0 aliphatic carbocycles. The van der Waals surface area contributed by atoms with Gasteiger partial charge in [0, 0.05) is 17.1 Å². The fraction of sp³-hybridized carbons (Fsp3) is 0.364. The summed E-state index contributed by atoms with van der Waals surface area (Å²) in [6, 6.07) is 7.56. The van der Waals surface area contributed by atoms with E-state index in [9.17, 15) is 10.1 Å². The summed E-state index contributed by atoms with van der Waals surface area (Å²) < 4.78 is 17.8. The molecule has 1 aromatic carbocycles. The fourth-order valence-corrected chi connectivity index (χ4v) is 3.44. The monoisotopic (exact) mass is 566 g/mol. The summed E-state index contributed by atoms with van der Waals surface area (Å²) in [5, 5.41) is 13.4. The van der Waals surface area contributed by atoms with Crippen LogP contribution < -0.4 is 14.9 Å². The van der Waals surface area contributed by atoms with Gasteiger partial charge >= 0.3 is 0 Å². The van der Waals surface area contributed by atoms with Crippen LogP contribution in [0.15, 0.2) is 32.2 Å². The second-order valence-corrected chi connectivity index (χ2v) is 8.84. The zero-order valence-corrected chi connectivity index (χ0v) is 21.4. The van der Waals surface area contributed by atoms with Gasteiger partial charge in [0.05, 0.1) is 29.6 Å². The van der Waals surface area contributed by atoms with Crippen LogP contribution in [0, 0.1) is 24.2 Å². The number of nitriles is 1. The standard InChI is InChI=1S/C22H24Br2N4O4/c1-13(2)10-31-19-6-5-15(7-18(19)23)9-26-28-20(29)12-32-22-16(8-25)17(11-30-4)21(24)14(3)27-22/h5-7,9,13H,10-12H2,1-4H3,(H,28,29)/b26-9-. The summed E-state index contributed by atoms with van der Waals surface area (Å²) in [5.74, 6) is 0.747. The normalized spacial score (nSPS) is 10.9. The summed E-state index contributed by atoms with van der Waals surface area (Å²) in [4.78, 5) is 16.4. The summed E-state index contributed by atoms with van der Waals surface area (Å²) in [5.41, 5.74) is 4.61. The molecule has 0 fully saturated rings. The summed E-state index contributed by atoms with van der Waals surface area (Å²) in [6.45, 7) is 6.40. The van der Waals surface area contributed by atoms with Gasteiger partial charge in [-0.25, -0.2) is 10.4 Å². The van der Waals surface area contributed by atoms with Gasteiger partial charge in [0.1, 0.15) is 17.4 Å². The maximum absolute atomic E-state index is 12.1. The third-order valence-electron chi connectivity index (χ3n) is 4.04. The molecule has 0 atom stereocenters. The first-order valence-electron chi connectivity index (χ1n) is 9.71. The molecular formula is C22H24Br2N4O4. The van der Waals surface area contributed by atoms with Crippen LogP contribution in [0.2, 0.25) is 0 Å². The van der Waals surface area contributed by atoms with Gasteiger partial charge in [-0.15, -0.1) is 0 Å². The zero-order valence-electron chi connectivity index (χ0n) is 18.2. The molecule has 0 radical (unpaired) electrons. The van der Waals surface area contributed by atoms with Crippen molar-refractivity contribution in [1.82, 2.24) is 10.4 Å². The van der Waals surface area contributed by atoms with Gasteiger partial charge < -0.3 is 14.2 Å². The predicted octanol–water partition coefficient (Wildman–Crippen LogP) is 4.50. The Hall–Kier alpha value is -2.48. The van der Waals surface area contributed by atoms with Gasteiger partial charge in [-0.3, -0.25) is 4.79 Å². The van der Waals surface area contributed by atoms with Gasteiger partial charge in [0.2, 0.25) is 5.88 Å². The Morgan fingerprint density at radius 2 is 2.09 bits per heavy atom. The van der Waals surface area contributed by atoms with Gasteiger partial charge in [0.15, 0.2) is 6.61 Å². The maximum atomic E-state index is 12.1. The number of hydrogen-bond acceptors (Lipinski definition) is 7. The quantitative estimate of drug-likeness (QED) is 0.335. The number of carbonyl (C=O) groups excluding carboxylic acids is 1. The number of pyridine rings is 1. The first-order valence-corrected chi connectivity index (χ1v) is 11.3. The number of hydrazone groups is 1. The number of methoxy groups -OCH3 is 1. The molecule has 8 nitrogen and oxygen atoms in total. The number of aryl methyl sites for hydroxylation is 1. The van der Waals surface area contributed by atoms with Crippen molar-refractivity contribution in [3.63, 3.8) is 0 Å². The second-order valence-electron chi connectivity index (χ2n) is 7.19. The Bertz CT molecular complexity index is 1040. The number of halogens is 2. The minimum absolute atomic E-state index is 0.0697. The number of nitrogens with zero attached hydrogens (tertiary/aromatic N) is 3. The van der Waals surface area contributed by atoms with Crippen molar-refractivity contribution in [3.8, 4) is 17.7 Å². The van der Waals surface area contributed by atoms with Crippen LogP contribution in [-0.2, 0) is 16.1 Å². The topological polar surface area (TPSA) is 106 Å². The number of hydrogen-bond donors (Lipinski definition) is 1. The minimum atomic E-state index is -0.489. The number of nitrogens with one attached hydrogen (secondary N) is 1. The van der Waals surface area contributed by atoms with E-state index in [0.717, 1.165) is 15.8 Å². The number of carbonyl (C=O) groups is 1. The van der Waals surface area contributed by atoms with Crippen molar-refractivity contribution in [2.75, 3.05) is 20.3 Å². The zero-order chi connectivity index (χ0) is 23.7. The molecule has 1 aromatic heterocycles. The van der Waals surface area contributed by atoms with Crippen molar-refractivity contribution in [2.24, 2.45) is 11.0 Å². The Morgan fingerprint density at radius 3 is 2.72 bits per heavy atom. The maximum Gasteiger partial charge on any atom is 0.278 e. The molecule has 0 spiro atoms. The van der Waals surface area contributed by atoms with Crippen LogP contribution in [0.5, 0.6) is 11.6 Å². The third kappa shape index (κ3) is 7.29. The van der Waals surface area contributed by atoms with Crippen LogP contribution >= 0.6 is 31.9 Å². The molecule has 1 N–H and O–H groups in total. The van der Waals surface area contributed by atoms with E-state index in [1.165, 1.54) is 13.3 Å². The van der Waals surface area contributed by atoms with E-state index in [4.69, 9.17) is 14.2 Å².